The summed E-state index contributed by atoms with van der Waals surface area (Å²) in [5.74, 6) is 0. The van der Waals surface area contributed by atoms with Crippen LogP contribution < -0.4 is 0 Å². The van der Waals surface area contributed by atoms with Crippen LogP contribution in [-0.2, 0) is 0 Å². The van der Waals surface area contributed by atoms with Crippen molar-refractivity contribution in [3.05, 3.63) is 191 Å². The van der Waals surface area contributed by atoms with Gasteiger partial charge in [-0.05, 0) is 67.5 Å². The zero-order valence-electron chi connectivity index (χ0n) is 21.2. The lowest BCUT2D eigenvalue weighted by atomic mass is 9.91. The van der Waals surface area contributed by atoms with Crippen LogP contribution in [0.15, 0.2) is 158 Å². The Kier molecular flexibility index (Phi) is 6.78. The molecule has 0 unspecified atom stereocenters. The summed E-state index contributed by atoms with van der Waals surface area (Å²) in [5.41, 5.74) is 9.69. The van der Waals surface area contributed by atoms with Gasteiger partial charge in [0, 0.05) is 0 Å². The molecule has 0 saturated carbocycles. The Labute approximate surface area is 224 Å². The molecule has 0 spiro atoms. The van der Waals surface area contributed by atoms with Crippen LogP contribution in [0, 0.1) is 0 Å². The fourth-order valence-corrected chi connectivity index (χ4v) is 5.05. The minimum absolute atomic E-state index is 1.21. The van der Waals surface area contributed by atoms with E-state index in [9.17, 15) is 0 Å². The van der Waals surface area contributed by atoms with Crippen LogP contribution in [0.5, 0.6) is 0 Å². The molecule has 0 amide bonds. The number of hydrogen-bond donors (Lipinski definition) is 0. The van der Waals surface area contributed by atoms with Gasteiger partial charge in [0.25, 0.3) is 0 Å². The second kappa shape index (κ2) is 11.0. The maximum absolute atomic E-state index is 2.33. The summed E-state index contributed by atoms with van der Waals surface area (Å²) in [5, 5.41) is 2.48. The molecular formula is C38H28. The van der Waals surface area contributed by atoms with Crippen molar-refractivity contribution < 1.29 is 0 Å². The third-order valence-electron chi connectivity index (χ3n) is 6.93. The fourth-order valence-electron chi connectivity index (χ4n) is 5.05. The van der Waals surface area contributed by atoms with Crippen molar-refractivity contribution in [1.82, 2.24) is 0 Å². The molecule has 6 aromatic rings. The number of benzene rings is 6. The first-order valence-electron chi connectivity index (χ1n) is 13.0. The molecule has 0 nitrogen and oxygen atoms in total. The van der Waals surface area contributed by atoms with E-state index >= 15 is 0 Å². The second-order valence-electron chi connectivity index (χ2n) is 9.37. The molecule has 0 aliphatic heterocycles. The fraction of sp³-hybridized carbons (Fsp3) is 0. The lowest BCUT2D eigenvalue weighted by molar-refractivity contribution is 1.55. The Morgan fingerprint density at radius 3 is 0.842 bits per heavy atom. The summed E-state index contributed by atoms with van der Waals surface area (Å²) < 4.78 is 0. The molecule has 0 fully saturated rings. The largest absolute Gasteiger partial charge is 0.0622 e. The highest BCUT2D eigenvalue weighted by Gasteiger charge is 2.10. The topological polar surface area (TPSA) is 0 Å². The Morgan fingerprint density at radius 2 is 0.553 bits per heavy atom. The smallest absolute Gasteiger partial charge is 0.0105 e. The summed E-state index contributed by atoms with van der Waals surface area (Å²) in [6, 6.07) is 55.8. The minimum Gasteiger partial charge on any atom is -0.0622 e. The first-order valence-corrected chi connectivity index (χ1v) is 13.0. The molecule has 0 N–H and O–H groups in total. The second-order valence-corrected chi connectivity index (χ2v) is 9.37. The normalized spacial score (nSPS) is 10.6. The van der Waals surface area contributed by atoms with Crippen molar-refractivity contribution >= 4 is 34.1 Å². The Balaban J connectivity index is 1.54. The van der Waals surface area contributed by atoms with Crippen molar-refractivity contribution in [2.75, 3.05) is 0 Å². The van der Waals surface area contributed by atoms with Gasteiger partial charge in [-0.2, -0.15) is 0 Å². The molecule has 0 aromatic heterocycles. The zero-order valence-corrected chi connectivity index (χ0v) is 21.2. The Morgan fingerprint density at radius 1 is 0.289 bits per heavy atom. The van der Waals surface area contributed by atoms with Gasteiger partial charge in [0.2, 0.25) is 0 Å². The van der Waals surface area contributed by atoms with Crippen molar-refractivity contribution in [1.29, 1.82) is 0 Å². The molecule has 38 heavy (non-hydrogen) atoms. The third kappa shape index (κ3) is 4.98. The van der Waals surface area contributed by atoms with E-state index in [1.807, 2.05) is 0 Å². The van der Waals surface area contributed by atoms with Crippen molar-refractivity contribution in [2.45, 2.75) is 0 Å². The monoisotopic (exact) mass is 484 g/mol. The predicted molar refractivity (Wildman–Crippen MR) is 164 cm³/mol. The first-order chi connectivity index (χ1) is 18.9. The van der Waals surface area contributed by atoms with Gasteiger partial charge < -0.3 is 0 Å². The van der Waals surface area contributed by atoms with E-state index < -0.39 is 0 Å². The molecule has 0 radical (unpaired) electrons. The molecule has 6 rings (SSSR count). The van der Waals surface area contributed by atoms with Crippen LogP contribution in [0.4, 0.5) is 0 Å². The maximum Gasteiger partial charge on any atom is -0.0105 e. The molecule has 0 saturated heterocycles. The molecule has 180 valence electrons. The Bertz CT molecular complexity index is 1490. The molecule has 6 aromatic carbocycles. The summed E-state index contributed by atoms with van der Waals surface area (Å²) >= 11 is 0. The van der Waals surface area contributed by atoms with E-state index in [4.69, 9.17) is 0 Å². The molecule has 0 heterocycles. The highest BCUT2D eigenvalue weighted by Crippen LogP contribution is 2.33. The summed E-state index contributed by atoms with van der Waals surface area (Å²) in [4.78, 5) is 0. The van der Waals surface area contributed by atoms with Gasteiger partial charge >= 0.3 is 0 Å². The van der Waals surface area contributed by atoms with Crippen molar-refractivity contribution in [3.63, 3.8) is 0 Å². The van der Waals surface area contributed by atoms with Crippen molar-refractivity contribution in [3.8, 4) is 0 Å². The zero-order chi connectivity index (χ0) is 25.6. The molecule has 0 aliphatic rings. The molecule has 0 heteroatoms. The van der Waals surface area contributed by atoms with E-state index in [0.717, 1.165) is 0 Å². The van der Waals surface area contributed by atoms with Crippen LogP contribution in [0.2, 0.25) is 0 Å². The van der Waals surface area contributed by atoms with E-state index in [-0.39, 0.29) is 0 Å². The minimum atomic E-state index is 1.21. The number of fused-ring (bicyclic) bond motifs is 1. The molecule has 0 atom stereocenters. The third-order valence-corrected chi connectivity index (χ3v) is 6.93. The van der Waals surface area contributed by atoms with Gasteiger partial charge in [-0.25, -0.2) is 0 Å². The van der Waals surface area contributed by atoms with Crippen LogP contribution >= 0.6 is 0 Å². The maximum atomic E-state index is 2.33. The SMILES string of the molecule is C(=C(c1ccccc1)c1ccccc1)c1ccc(C=C(c2ccccc2)c2ccccc2)c2ccccc12. The van der Waals surface area contributed by atoms with Gasteiger partial charge in [-0.1, -0.05) is 158 Å². The number of rotatable bonds is 6. The summed E-state index contributed by atoms with van der Waals surface area (Å²) in [6.45, 7) is 0. The van der Waals surface area contributed by atoms with Crippen LogP contribution in [0.25, 0.3) is 34.1 Å². The van der Waals surface area contributed by atoms with E-state index in [1.54, 1.807) is 0 Å². The quantitative estimate of drug-likeness (QED) is 0.206. The van der Waals surface area contributed by atoms with Crippen molar-refractivity contribution in [2.24, 2.45) is 0 Å². The van der Waals surface area contributed by atoms with Gasteiger partial charge in [-0.3, -0.25) is 0 Å². The number of hydrogen-bond acceptors (Lipinski definition) is 0. The average Bonchev–Trinajstić information content (AvgIpc) is 3.01. The lowest BCUT2D eigenvalue weighted by Crippen LogP contribution is -1.91. The molecule has 0 bridgehead atoms. The van der Waals surface area contributed by atoms with Crippen LogP contribution in [-0.4, -0.2) is 0 Å². The lowest BCUT2D eigenvalue weighted by Gasteiger charge is -2.13. The van der Waals surface area contributed by atoms with Gasteiger partial charge in [0.05, 0.1) is 0 Å². The van der Waals surface area contributed by atoms with Gasteiger partial charge in [0.1, 0.15) is 0 Å². The highest BCUT2D eigenvalue weighted by atomic mass is 14.1. The highest BCUT2D eigenvalue weighted by molar-refractivity contribution is 6.04. The first kappa shape index (κ1) is 23.5. The van der Waals surface area contributed by atoms with Crippen LogP contribution in [0.1, 0.15) is 33.4 Å². The molecular weight excluding hydrogens is 456 g/mol. The predicted octanol–water partition coefficient (Wildman–Crippen LogP) is 10.0. The van der Waals surface area contributed by atoms with Gasteiger partial charge in [0.15, 0.2) is 0 Å². The summed E-state index contributed by atoms with van der Waals surface area (Å²) in [6.07, 6.45) is 4.66. The summed E-state index contributed by atoms with van der Waals surface area (Å²) in [7, 11) is 0. The molecule has 0 aliphatic carbocycles. The standard InChI is InChI=1S/C38H28/c1-5-15-29(16-6-1)37(30-17-7-2-8-18-30)27-33-25-26-34(36-24-14-13-23-35(33)36)28-38(31-19-9-3-10-20-31)32-21-11-4-12-22-32/h1-28H. The van der Waals surface area contributed by atoms with E-state index in [0.29, 0.717) is 0 Å². The Hall–Kier alpha value is -4.94. The van der Waals surface area contributed by atoms with E-state index in [1.165, 1.54) is 55.3 Å². The van der Waals surface area contributed by atoms with Gasteiger partial charge in [-0.15, -0.1) is 0 Å². The van der Waals surface area contributed by atoms with E-state index in [2.05, 4.69) is 170 Å². The van der Waals surface area contributed by atoms with Crippen LogP contribution in [0.3, 0.4) is 0 Å². The average molecular weight is 485 g/mol.